The van der Waals surface area contributed by atoms with Crippen LogP contribution in [0.15, 0.2) is 35.8 Å². The lowest BCUT2D eigenvalue weighted by Crippen LogP contribution is -2.48. The third-order valence-corrected chi connectivity index (χ3v) is 4.24. The fourth-order valence-electron chi connectivity index (χ4n) is 2.32. The summed E-state index contributed by atoms with van der Waals surface area (Å²) in [5.41, 5.74) is 0. The monoisotopic (exact) mass is 318 g/mol. The van der Waals surface area contributed by atoms with Crippen molar-refractivity contribution in [2.45, 2.75) is 32.5 Å². The van der Waals surface area contributed by atoms with Crippen LogP contribution in [0.4, 0.5) is 0 Å². The number of benzene rings is 1. The molecule has 0 saturated carbocycles. The van der Waals surface area contributed by atoms with Crippen LogP contribution in [0.3, 0.4) is 0 Å². The Balaban J connectivity index is 1.74. The molecular weight excluding hydrogens is 300 g/mol. The van der Waals surface area contributed by atoms with E-state index >= 15 is 0 Å². The fourth-order valence-corrected chi connectivity index (χ4v) is 2.93. The van der Waals surface area contributed by atoms with Crippen LogP contribution in [-0.2, 0) is 11.3 Å². The molecule has 2 aromatic rings. The van der Waals surface area contributed by atoms with Crippen molar-refractivity contribution in [3.63, 3.8) is 0 Å². The number of hydrogen-bond donors (Lipinski definition) is 0. The summed E-state index contributed by atoms with van der Waals surface area (Å²) in [5, 5.41) is 2.83. The van der Waals surface area contributed by atoms with Gasteiger partial charge in [0.1, 0.15) is 11.6 Å². The molecule has 0 N–H and O–H groups in total. The maximum Gasteiger partial charge on any atom is 0.267 e. The molecule has 1 aromatic heterocycles. The second-order valence-corrected chi connectivity index (χ2v) is 6.33. The van der Waals surface area contributed by atoms with Gasteiger partial charge in [0.25, 0.3) is 5.91 Å². The zero-order chi connectivity index (χ0) is 15.5. The van der Waals surface area contributed by atoms with Gasteiger partial charge in [-0.2, -0.15) is 0 Å². The number of ether oxygens (including phenoxy) is 2. The molecule has 1 aliphatic heterocycles. The number of carbonyl (C=O) groups excluding carboxylic acids is 1. The van der Waals surface area contributed by atoms with Crippen LogP contribution >= 0.6 is 11.3 Å². The summed E-state index contributed by atoms with van der Waals surface area (Å²) in [6, 6.07) is 7.47. The highest BCUT2D eigenvalue weighted by molar-refractivity contribution is 7.09. The Morgan fingerprint density at radius 1 is 1.41 bits per heavy atom. The first-order chi connectivity index (χ1) is 10.6. The Morgan fingerprint density at radius 3 is 2.86 bits per heavy atom. The van der Waals surface area contributed by atoms with Gasteiger partial charge in [0.2, 0.25) is 6.10 Å². The van der Waals surface area contributed by atoms with E-state index in [0.29, 0.717) is 18.0 Å². The fraction of sp³-hybridized carbons (Fsp3) is 0.375. The highest BCUT2D eigenvalue weighted by atomic mass is 32.1. The summed E-state index contributed by atoms with van der Waals surface area (Å²) in [4.78, 5) is 18.8. The highest BCUT2D eigenvalue weighted by Crippen LogP contribution is 2.31. The van der Waals surface area contributed by atoms with E-state index < -0.39 is 6.10 Å². The van der Waals surface area contributed by atoms with Crippen LogP contribution in [0.2, 0.25) is 0 Å². The average molecular weight is 318 g/mol. The Morgan fingerprint density at radius 2 is 2.18 bits per heavy atom. The van der Waals surface area contributed by atoms with Gasteiger partial charge < -0.3 is 14.4 Å². The second-order valence-electron chi connectivity index (χ2n) is 5.35. The molecular formula is C16H18N2O3S. The predicted octanol–water partition coefficient (Wildman–Crippen LogP) is 2.72. The van der Waals surface area contributed by atoms with Gasteiger partial charge in [0, 0.05) is 17.6 Å². The Labute approximate surface area is 133 Å². The van der Waals surface area contributed by atoms with Crippen molar-refractivity contribution >= 4 is 17.2 Å². The van der Waals surface area contributed by atoms with E-state index in [2.05, 4.69) is 4.98 Å². The Hall–Kier alpha value is -2.08. The van der Waals surface area contributed by atoms with Crippen molar-refractivity contribution in [1.29, 1.82) is 0 Å². The average Bonchev–Trinajstić information content (AvgIpc) is 3.04. The predicted molar refractivity (Wildman–Crippen MR) is 84.2 cm³/mol. The third-order valence-electron chi connectivity index (χ3n) is 3.48. The number of rotatable bonds is 4. The molecule has 0 bridgehead atoms. The molecule has 2 heterocycles. The van der Waals surface area contributed by atoms with Gasteiger partial charge in [-0.15, -0.1) is 11.3 Å². The van der Waals surface area contributed by atoms with E-state index in [9.17, 15) is 4.79 Å². The van der Waals surface area contributed by atoms with E-state index in [4.69, 9.17) is 9.47 Å². The quantitative estimate of drug-likeness (QED) is 0.870. The summed E-state index contributed by atoms with van der Waals surface area (Å²) < 4.78 is 11.4. The number of para-hydroxylation sites is 2. The molecule has 0 fully saturated rings. The molecule has 0 spiro atoms. The first kappa shape index (κ1) is 14.8. The van der Waals surface area contributed by atoms with Crippen LogP contribution in [0.25, 0.3) is 0 Å². The number of carbonyl (C=O) groups is 1. The maximum atomic E-state index is 12.8. The van der Waals surface area contributed by atoms with Crippen LogP contribution in [0, 0.1) is 0 Å². The van der Waals surface area contributed by atoms with Crippen LogP contribution < -0.4 is 9.47 Å². The molecule has 5 nitrogen and oxygen atoms in total. The van der Waals surface area contributed by atoms with E-state index in [1.807, 2.05) is 43.5 Å². The van der Waals surface area contributed by atoms with Crippen LogP contribution in [0.5, 0.6) is 11.5 Å². The zero-order valence-corrected chi connectivity index (χ0v) is 13.4. The second kappa shape index (κ2) is 6.36. The number of fused-ring (bicyclic) bond motifs is 1. The van der Waals surface area contributed by atoms with Crippen molar-refractivity contribution in [3.05, 3.63) is 40.8 Å². The van der Waals surface area contributed by atoms with Crippen LogP contribution in [0.1, 0.15) is 18.9 Å². The topological polar surface area (TPSA) is 51.7 Å². The van der Waals surface area contributed by atoms with Crippen molar-refractivity contribution in [1.82, 2.24) is 9.88 Å². The zero-order valence-electron chi connectivity index (χ0n) is 12.6. The van der Waals surface area contributed by atoms with Gasteiger partial charge in [-0.25, -0.2) is 4.98 Å². The van der Waals surface area contributed by atoms with Gasteiger partial charge in [-0.3, -0.25) is 4.79 Å². The standard InChI is InChI=1S/C16H18N2O3S/c1-11(2)18(9-15-17-7-8-22-15)16(19)14-10-20-12-5-3-4-6-13(12)21-14/h3-8,11,14H,9-10H2,1-2H3/t14-/m0/s1. The lowest BCUT2D eigenvalue weighted by Gasteiger charge is -2.32. The summed E-state index contributed by atoms with van der Waals surface area (Å²) in [5.74, 6) is 1.23. The lowest BCUT2D eigenvalue weighted by atomic mass is 10.2. The van der Waals surface area contributed by atoms with Gasteiger partial charge in [-0.05, 0) is 26.0 Å². The molecule has 1 atom stereocenters. The summed E-state index contributed by atoms with van der Waals surface area (Å²) in [6.45, 7) is 4.71. The van der Waals surface area contributed by atoms with Crippen molar-refractivity contribution < 1.29 is 14.3 Å². The highest BCUT2D eigenvalue weighted by Gasteiger charge is 2.32. The number of nitrogens with zero attached hydrogens (tertiary/aromatic N) is 2. The molecule has 6 heteroatoms. The normalized spacial score (nSPS) is 16.6. The minimum absolute atomic E-state index is 0.0668. The summed E-state index contributed by atoms with van der Waals surface area (Å²) in [7, 11) is 0. The van der Waals surface area contributed by atoms with Gasteiger partial charge in [0.15, 0.2) is 11.5 Å². The molecule has 22 heavy (non-hydrogen) atoms. The number of aromatic nitrogens is 1. The number of hydrogen-bond acceptors (Lipinski definition) is 5. The Bertz CT molecular complexity index is 643. The first-order valence-corrected chi connectivity index (χ1v) is 8.10. The van der Waals surface area contributed by atoms with Crippen molar-refractivity contribution in [3.8, 4) is 11.5 Å². The van der Waals surface area contributed by atoms with Crippen molar-refractivity contribution in [2.75, 3.05) is 6.61 Å². The van der Waals surface area contributed by atoms with E-state index in [1.54, 1.807) is 22.4 Å². The molecule has 0 aliphatic carbocycles. The SMILES string of the molecule is CC(C)N(Cc1nccs1)C(=O)[C@@H]1COc2ccccc2O1. The smallest absolute Gasteiger partial charge is 0.267 e. The van der Waals surface area contributed by atoms with E-state index in [-0.39, 0.29) is 18.6 Å². The largest absolute Gasteiger partial charge is 0.485 e. The lowest BCUT2D eigenvalue weighted by molar-refractivity contribution is -0.143. The van der Waals surface area contributed by atoms with E-state index in [1.165, 1.54) is 0 Å². The summed E-state index contributed by atoms with van der Waals surface area (Å²) >= 11 is 1.54. The Kier molecular flexibility index (Phi) is 4.29. The molecule has 3 rings (SSSR count). The van der Waals surface area contributed by atoms with Gasteiger partial charge >= 0.3 is 0 Å². The number of amides is 1. The van der Waals surface area contributed by atoms with Gasteiger partial charge in [-0.1, -0.05) is 12.1 Å². The molecule has 0 saturated heterocycles. The molecule has 1 aliphatic rings. The summed E-state index contributed by atoms with van der Waals surface area (Å²) in [6.07, 6.45) is 1.14. The maximum absolute atomic E-state index is 12.8. The van der Waals surface area contributed by atoms with Gasteiger partial charge in [0.05, 0.1) is 6.54 Å². The minimum Gasteiger partial charge on any atom is -0.485 e. The molecule has 1 aromatic carbocycles. The first-order valence-electron chi connectivity index (χ1n) is 7.22. The van der Waals surface area contributed by atoms with Crippen molar-refractivity contribution in [2.24, 2.45) is 0 Å². The molecule has 0 radical (unpaired) electrons. The molecule has 1 amide bonds. The van der Waals surface area contributed by atoms with Crippen LogP contribution in [-0.4, -0.2) is 34.5 Å². The van der Waals surface area contributed by atoms with E-state index in [0.717, 1.165) is 5.01 Å². The molecule has 116 valence electrons. The minimum atomic E-state index is -0.614. The third kappa shape index (κ3) is 3.06. The molecule has 0 unspecified atom stereocenters. The number of thiazole rings is 1.